The minimum atomic E-state index is -1.19. The van der Waals surface area contributed by atoms with Crippen LogP contribution in [0.25, 0.3) is 0 Å². The zero-order chi connectivity index (χ0) is 18.1. The number of hydrogen-bond donors (Lipinski definition) is 0. The van der Waals surface area contributed by atoms with Crippen LogP contribution in [0.3, 0.4) is 0 Å². The van der Waals surface area contributed by atoms with E-state index in [2.05, 4.69) is 0 Å². The predicted molar refractivity (Wildman–Crippen MR) is 86.3 cm³/mol. The largest absolute Gasteiger partial charge is 0.461 e. The van der Waals surface area contributed by atoms with E-state index < -0.39 is 35.8 Å². The van der Waals surface area contributed by atoms with Gasteiger partial charge in [-0.1, -0.05) is 0 Å². The first-order valence-corrected chi connectivity index (χ1v) is 8.05. The average molecular weight is 344 g/mol. The first-order valence-electron chi connectivity index (χ1n) is 8.05. The van der Waals surface area contributed by atoms with Crippen molar-refractivity contribution in [2.75, 3.05) is 13.7 Å². The van der Waals surface area contributed by atoms with Crippen molar-refractivity contribution in [2.24, 2.45) is 0 Å². The molecule has 2 rings (SSSR count). The van der Waals surface area contributed by atoms with E-state index in [9.17, 15) is 13.2 Å². The van der Waals surface area contributed by atoms with Gasteiger partial charge in [0.1, 0.15) is 5.82 Å². The Morgan fingerprint density at radius 3 is 2.08 bits per heavy atom. The lowest BCUT2D eigenvalue weighted by molar-refractivity contribution is 0.00578. The molecule has 0 amide bonds. The highest BCUT2D eigenvalue weighted by Gasteiger charge is 2.53. The number of hydrogen-bond acceptors (Lipinski definition) is 3. The highest BCUT2D eigenvalue weighted by Crippen LogP contribution is 2.41. The summed E-state index contributed by atoms with van der Waals surface area (Å²) >= 11 is 0. The fourth-order valence-electron chi connectivity index (χ4n) is 2.69. The second kappa shape index (κ2) is 7.06. The number of methoxy groups -OCH3 is 1. The number of rotatable bonds is 6. The molecule has 0 saturated carbocycles. The molecule has 1 unspecified atom stereocenters. The van der Waals surface area contributed by atoms with Gasteiger partial charge < -0.3 is 14.0 Å². The normalized spacial score (nSPS) is 20.4. The van der Waals surface area contributed by atoms with Gasteiger partial charge in [0.2, 0.25) is 0 Å². The van der Waals surface area contributed by atoms with Crippen molar-refractivity contribution in [1.82, 2.24) is 0 Å². The molecule has 1 aliphatic rings. The summed E-state index contributed by atoms with van der Waals surface area (Å²) in [6.07, 6.45) is 0.717. The molecule has 0 aromatic heterocycles. The molecule has 1 atom stereocenters. The molecule has 1 heterocycles. The topological polar surface area (TPSA) is 27.7 Å². The monoisotopic (exact) mass is 344 g/mol. The van der Waals surface area contributed by atoms with E-state index in [4.69, 9.17) is 14.0 Å². The fourth-order valence-corrected chi connectivity index (χ4v) is 2.69. The first-order chi connectivity index (χ1) is 11.1. The van der Waals surface area contributed by atoms with Crippen LogP contribution in [0.5, 0.6) is 0 Å². The van der Waals surface area contributed by atoms with E-state index in [-0.39, 0.29) is 17.8 Å². The molecule has 1 aromatic carbocycles. The van der Waals surface area contributed by atoms with Gasteiger partial charge in [-0.15, -0.1) is 0 Å². The minimum absolute atomic E-state index is 0.102. The summed E-state index contributed by atoms with van der Waals surface area (Å²) in [7, 11) is 0.997. The fraction of sp³-hybridized carbons (Fsp3) is 0.647. The SMILES string of the molecule is COCCC(Cc1cc(F)c(F)cc1F)B1OC(C)(C)C(C)(C)O1. The summed E-state index contributed by atoms with van der Waals surface area (Å²) in [5, 5.41) is 0. The molecule has 0 spiro atoms. The molecule has 134 valence electrons. The van der Waals surface area contributed by atoms with Crippen molar-refractivity contribution in [1.29, 1.82) is 0 Å². The van der Waals surface area contributed by atoms with Crippen molar-refractivity contribution in [3.63, 3.8) is 0 Å². The summed E-state index contributed by atoms with van der Waals surface area (Å²) in [5.41, 5.74) is -0.935. The smallest absolute Gasteiger partial charge is 0.403 e. The molecule has 1 aliphatic heterocycles. The Balaban J connectivity index is 2.22. The van der Waals surface area contributed by atoms with Crippen LogP contribution >= 0.6 is 0 Å². The van der Waals surface area contributed by atoms with Crippen molar-refractivity contribution in [2.45, 2.75) is 57.6 Å². The molecule has 1 aromatic rings. The van der Waals surface area contributed by atoms with Crippen molar-refractivity contribution < 1.29 is 27.2 Å². The Hall–Kier alpha value is -1.05. The molecule has 24 heavy (non-hydrogen) atoms. The molecule has 0 bridgehead atoms. The summed E-state index contributed by atoms with van der Waals surface area (Å²) in [6, 6.07) is 1.47. The van der Waals surface area contributed by atoms with Crippen LogP contribution in [-0.2, 0) is 20.5 Å². The van der Waals surface area contributed by atoms with Crippen molar-refractivity contribution in [3.05, 3.63) is 35.1 Å². The molecule has 1 fully saturated rings. The molecule has 3 nitrogen and oxygen atoms in total. The number of halogens is 3. The highest BCUT2D eigenvalue weighted by atomic mass is 19.2. The van der Waals surface area contributed by atoms with Gasteiger partial charge in [-0.25, -0.2) is 13.2 Å². The van der Waals surface area contributed by atoms with E-state index in [1.807, 2.05) is 27.7 Å². The Morgan fingerprint density at radius 1 is 1.00 bits per heavy atom. The van der Waals surface area contributed by atoms with Crippen LogP contribution in [0.2, 0.25) is 5.82 Å². The molecular weight excluding hydrogens is 320 g/mol. The maximum atomic E-state index is 14.0. The van der Waals surface area contributed by atoms with Crippen molar-refractivity contribution >= 4 is 7.12 Å². The standard InChI is InChI=1S/C17H24BF3O3/c1-16(2)17(3,4)24-18(23-16)12(6-7-22-5)8-11-9-14(20)15(21)10-13(11)19/h9-10,12H,6-8H2,1-5H3. The van der Waals surface area contributed by atoms with E-state index >= 15 is 0 Å². The third kappa shape index (κ3) is 3.95. The maximum Gasteiger partial charge on any atom is 0.461 e. The first kappa shape index (κ1) is 19.3. The summed E-state index contributed by atoms with van der Waals surface area (Å²) in [6.45, 7) is 8.15. The Morgan fingerprint density at radius 2 is 1.54 bits per heavy atom. The molecule has 1 saturated heterocycles. The lowest BCUT2D eigenvalue weighted by Gasteiger charge is -2.32. The lowest BCUT2D eigenvalue weighted by Crippen LogP contribution is -2.41. The van der Waals surface area contributed by atoms with Gasteiger partial charge in [-0.05, 0) is 52.2 Å². The van der Waals surface area contributed by atoms with Gasteiger partial charge in [0.15, 0.2) is 11.6 Å². The van der Waals surface area contributed by atoms with Crippen LogP contribution in [0.4, 0.5) is 13.2 Å². The minimum Gasteiger partial charge on any atom is -0.403 e. The number of ether oxygens (including phenoxy) is 1. The van der Waals surface area contributed by atoms with E-state index in [1.165, 1.54) is 0 Å². The van der Waals surface area contributed by atoms with Crippen LogP contribution in [0, 0.1) is 17.5 Å². The van der Waals surface area contributed by atoms with Crippen molar-refractivity contribution in [3.8, 4) is 0 Å². The molecule has 7 heteroatoms. The van der Waals surface area contributed by atoms with Gasteiger partial charge in [-0.3, -0.25) is 0 Å². The molecule has 0 aliphatic carbocycles. The van der Waals surface area contributed by atoms with Gasteiger partial charge in [0, 0.05) is 25.6 Å². The molecular formula is C17H24BF3O3. The van der Waals surface area contributed by atoms with Gasteiger partial charge in [0.25, 0.3) is 0 Å². The Bertz CT molecular complexity index is 577. The second-order valence-corrected chi connectivity index (χ2v) is 7.23. The zero-order valence-corrected chi connectivity index (χ0v) is 14.8. The van der Waals surface area contributed by atoms with Crippen LogP contribution in [0.15, 0.2) is 12.1 Å². The second-order valence-electron chi connectivity index (χ2n) is 7.23. The third-order valence-corrected chi connectivity index (χ3v) is 4.92. The third-order valence-electron chi connectivity index (χ3n) is 4.92. The van der Waals surface area contributed by atoms with Crippen LogP contribution < -0.4 is 0 Å². The van der Waals surface area contributed by atoms with E-state index in [0.29, 0.717) is 19.1 Å². The summed E-state index contributed by atoms with van der Waals surface area (Å²) < 4.78 is 57.7. The summed E-state index contributed by atoms with van der Waals surface area (Å²) in [5.74, 6) is -3.27. The predicted octanol–water partition coefficient (Wildman–Crippen LogP) is 4.15. The van der Waals surface area contributed by atoms with E-state index in [1.54, 1.807) is 7.11 Å². The van der Waals surface area contributed by atoms with E-state index in [0.717, 1.165) is 6.07 Å². The molecule has 0 radical (unpaired) electrons. The van der Waals surface area contributed by atoms with Gasteiger partial charge >= 0.3 is 7.12 Å². The lowest BCUT2D eigenvalue weighted by atomic mass is 9.67. The Labute approximate surface area is 141 Å². The number of benzene rings is 1. The highest BCUT2D eigenvalue weighted by molar-refractivity contribution is 6.47. The van der Waals surface area contributed by atoms with Crippen LogP contribution in [0.1, 0.15) is 39.7 Å². The summed E-state index contributed by atoms with van der Waals surface area (Å²) in [4.78, 5) is 0. The van der Waals surface area contributed by atoms with Crippen LogP contribution in [-0.4, -0.2) is 32.0 Å². The molecule has 0 N–H and O–H groups in total. The zero-order valence-electron chi connectivity index (χ0n) is 14.8. The Kier molecular flexibility index (Phi) is 5.67. The van der Waals surface area contributed by atoms with Gasteiger partial charge in [-0.2, -0.15) is 0 Å². The maximum absolute atomic E-state index is 14.0. The van der Waals surface area contributed by atoms with Gasteiger partial charge in [0.05, 0.1) is 11.2 Å². The average Bonchev–Trinajstić information content (AvgIpc) is 2.68. The quantitative estimate of drug-likeness (QED) is 0.573.